The first-order valence-electron chi connectivity index (χ1n) is 7.39. The fraction of sp³-hybridized carbons (Fsp3) is 0.438. The molecule has 1 aromatic carbocycles. The second-order valence-corrected chi connectivity index (χ2v) is 5.89. The lowest BCUT2D eigenvalue weighted by Gasteiger charge is -2.39. The third-order valence-corrected chi connectivity index (χ3v) is 3.90. The second kappa shape index (κ2) is 5.79. The molecular formula is C16H19N3O3. The first-order chi connectivity index (χ1) is 10.6. The monoisotopic (exact) mass is 301 g/mol. The zero-order valence-corrected chi connectivity index (χ0v) is 12.8. The molecule has 22 heavy (non-hydrogen) atoms. The molecule has 6 heteroatoms. The van der Waals surface area contributed by atoms with Gasteiger partial charge in [-0.1, -0.05) is 17.3 Å². The summed E-state index contributed by atoms with van der Waals surface area (Å²) < 4.78 is 10.8. The largest absolute Gasteiger partial charge is 0.483 e. The zero-order chi connectivity index (χ0) is 15.6. The standard InChI is InChI=1S/C16H19N3O3/c1-11-17-15(22-19-11)12-6-3-4-7-13(12)21-10-14(20)18-16(2)8-5-9-16/h3-4,6-7H,5,8-10H2,1-2H3,(H,18,20). The Labute approximate surface area is 128 Å². The van der Waals surface area contributed by atoms with Gasteiger partial charge in [-0.15, -0.1) is 0 Å². The van der Waals surface area contributed by atoms with E-state index in [1.165, 1.54) is 0 Å². The molecule has 2 aromatic rings. The van der Waals surface area contributed by atoms with Crippen molar-refractivity contribution in [1.82, 2.24) is 15.5 Å². The van der Waals surface area contributed by atoms with Crippen LogP contribution in [0.3, 0.4) is 0 Å². The van der Waals surface area contributed by atoms with Crippen molar-refractivity contribution >= 4 is 5.91 Å². The van der Waals surface area contributed by atoms with Gasteiger partial charge in [0.1, 0.15) is 5.75 Å². The number of carbonyl (C=O) groups excluding carboxylic acids is 1. The van der Waals surface area contributed by atoms with E-state index in [2.05, 4.69) is 22.4 Å². The fourth-order valence-corrected chi connectivity index (χ4v) is 2.52. The summed E-state index contributed by atoms with van der Waals surface area (Å²) in [6.45, 7) is 3.78. The van der Waals surface area contributed by atoms with Gasteiger partial charge in [0, 0.05) is 5.54 Å². The molecule has 0 spiro atoms. The molecule has 1 fully saturated rings. The molecule has 1 amide bonds. The van der Waals surface area contributed by atoms with E-state index in [-0.39, 0.29) is 18.1 Å². The number of ether oxygens (including phenoxy) is 1. The lowest BCUT2D eigenvalue weighted by molar-refractivity contribution is -0.125. The molecule has 1 aromatic heterocycles. The quantitative estimate of drug-likeness (QED) is 0.918. The van der Waals surface area contributed by atoms with E-state index in [4.69, 9.17) is 9.26 Å². The number of aryl methyl sites for hydroxylation is 1. The van der Waals surface area contributed by atoms with Gasteiger partial charge >= 0.3 is 0 Å². The Balaban J connectivity index is 1.66. The van der Waals surface area contributed by atoms with Crippen LogP contribution in [-0.4, -0.2) is 28.2 Å². The molecule has 1 N–H and O–H groups in total. The van der Waals surface area contributed by atoms with Crippen molar-refractivity contribution in [3.8, 4) is 17.2 Å². The maximum atomic E-state index is 12.0. The molecule has 0 bridgehead atoms. The molecule has 0 aliphatic heterocycles. The summed E-state index contributed by atoms with van der Waals surface area (Å²) in [4.78, 5) is 16.2. The highest BCUT2D eigenvalue weighted by molar-refractivity contribution is 5.78. The van der Waals surface area contributed by atoms with Crippen LogP contribution in [0.4, 0.5) is 0 Å². The second-order valence-electron chi connectivity index (χ2n) is 5.89. The molecule has 0 saturated heterocycles. The van der Waals surface area contributed by atoms with Crippen molar-refractivity contribution in [2.45, 2.75) is 38.6 Å². The first-order valence-corrected chi connectivity index (χ1v) is 7.39. The zero-order valence-electron chi connectivity index (χ0n) is 12.8. The maximum absolute atomic E-state index is 12.0. The maximum Gasteiger partial charge on any atom is 0.261 e. The van der Waals surface area contributed by atoms with Gasteiger partial charge in [-0.3, -0.25) is 4.79 Å². The lowest BCUT2D eigenvalue weighted by atomic mass is 9.78. The van der Waals surface area contributed by atoms with Crippen molar-refractivity contribution in [3.05, 3.63) is 30.1 Å². The Morgan fingerprint density at radius 3 is 2.82 bits per heavy atom. The van der Waals surface area contributed by atoms with Crippen LogP contribution in [0.2, 0.25) is 0 Å². The number of carbonyl (C=O) groups is 1. The SMILES string of the molecule is Cc1noc(-c2ccccc2OCC(=O)NC2(C)CCC2)n1. The summed E-state index contributed by atoms with van der Waals surface area (Å²) in [6.07, 6.45) is 3.21. The van der Waals surface area contributed by atoms with Gasteiger partial charge in [0.05, 0.1) is 5.56 Å². The average Bonchev–Trinajstić information content (AvgIpc) is 2.90. The number of para-hydroxylation sites is 1. The van der Waals surface area contributed by atoms with Gasteiger partial charge in [-0.2, -0.15) is 4.98 Å². The van der Waals surface area contributed by atoms with Gasteiger partial charge in [-0.05, 0) is 45.2 Å². The predicted molar refractivity (Wildman–Crippen MR) is 80.4 cm³/mol. The van der Waals surface area contributed by atoms with E-state index in [0.29, 0.717) is 23.0 Å². The third-order valence-electron chi connectivity index (χ3n) is 3.90. The Morgan fingerprint density at radius 2 is 2.18 bits per heavy atom. The number of hydrogen-bond donors (Lipinski definition) is 1. The number of aromatic nitrogens is 2. The van der Waals surface area contributed by atoms with Crippen LogP contribution in [0.5, 0.6) is 5.75 Å². The summed E-state index contributed by atoms with van der Waals surface area (Å²) in [5, 5.41) is 6.79. The van der Waals surface area contributed by atoms with Gasteiger partial charge in [0.15, 0.2) is 12.4 Å². The lowest BCUT2D eigenvalue weighted by Crippen LogP contribution is -2.52. The van der Waals surface area contributed by atoms with Crippen LogP contribution >= 0.6 is 0 Å². The van der Waals surface area contributed by atoms with Crippen LogP contribution in [0.15, 0.2) is 28.8 Å². The number of hydrogen-bond acceptors (Lipinski definition) is 5. The van der Waals surface area contributed by atoms with Crippen molar-refractivity contribution in [1.29, 1.82) is 0 Å². The van der Waals surface area contributed by atoms with E-state index in [0.717, 1.165) is 19.3 Å². The van der Waals surface area contributed by atoms with Crippen molar-refractivity contribution in [2.24, 2.45) is 0 Å². The number of nitrogens with zero attached hydrogens (tertiary/aromatic N) is 2. The van der Waals surface area contributed by atoms with Gasteiger partial charge < -0.3 is 14.6 Å². The van der Waals surface area contributed by atoms with Crippen molar-refractivity contribution < 1.29 is 14.1 Å². The molecule has 3 rings (SSSR count). The smallest absolute Gasteiger partial charge is 0.261 e. The molecule has 6 nitrogen and oxygen atoms in total. The average molecular weight is 301 g/mol. The van der Waals surface area contributed by atoms with E-state index >= 15 is 0 Å². The highest BCUT2D eigenvalue weighted by atomic mass is 16.5. The van der Waals surface area contributed by atoms with Crippen molar-refractivity contribution in [3.63, 3.8) is 0 Å². The Hall–Kier alpha value is -2.37. The number of amides is 1. The Bertz CT molecular complexity index is 677. The molecule has 0 radical (unpaired) electrons. The summed E-state index contributed by atoms with van der Waals surface area (Å²) in [5.74, 6) is 1.39. The predicted octanol–water partition coefficient (Wildman–Crippen LogP) is 2.48. The summed E-state index contributed by atoms with van der Waals surface area (Å²) in [5.41, 5.74) is 0.620. The molecule has 1 heterocycles. The molecule has 116 valence electrons. The molecular weight excluding hydrogens is 282 g/mol. The van der Waals surface area contributed by atoms with Crippen LogP contribution in [0.25, 0.3) is 11.5 Å². The minimum Gasteiger partial charge on any atom is -0.483 e. The summed E-state index contributed by atoms with van der Waals surface area (Å²) >= 11 is 0. The highest BCUT2D eigenvalue weighted by Crippen LogP contribution is 2.31. The van der Waals surface area contributed by atoms with Crippen LogP contribution in [-0.2, 0) is 4.79 Å². The van der Waals surface area contributed by atoms with Gasteiger partial charge in [0.25, 0.3) is 11.8 Å². The van der Waals surface area contributed by atoms with E-state index < -0.39 is 0 Å². The first kappa shape index (κ1) is 14.6. The van der Waals surface area contributed by atoms with Gasteiger partial charge in [-0.25, -0.2) is 0 Å². The third kappa shape index (κ3) is 3.10. The number of rotatable bonds is 5. The summed E-state index contributed by atoms with van der Waals surface area (Å²) in [7, 11) is 0. The highest BCUT2D eigenvalue weighted by Gasteiger charge is 2.33. The molecule has 0 atom stereocenters. The van der Waals surface area contributed by atoms with E-state index in [1.54, 1.807) is 13.0 Å². The summed E-state index contributed by atoms with van der Waals surface area (Å²) in [6, 6.07) is 7.31. The molecule has 1 aliphatic carbocycles. The van der Waals surface area contributed by atoms with Crippen molar-refractivity contribution in [2.75, 3.05) is 6.61 Å². The van der Waals surface area contributed by atoms with Gasteiger partial charge in [0.2, 0.25) is 0 Å². The Morgan fingerprint density at radius 1 is 1.41 bits per heavy atom. The minimum atomic E-state index is -0.112. The molecule has 1 saturated carbocycles. The van der Waals surface area contributed by atoms with Crippen LogP contribution in [0, 0.1) is 6.92 Å². The minimum absolute atomic E-state index is 0.0281. The fourth-order valence-electron chi connectivity index (χ4n) is 2.52. The van der Waals surface area contributed by atoms with Crippen LogP contribution < -0.4 is 10.1 Å². The van der Waals surface area contributed by atoms with Crippen LogP contribution in [0.1, 0.15) is 32.0 Å². The molecule has 1 aliphatic rings. The number of benzene rings is 1. The van der Waals surface area contributed by atoms with E-state index in [1.807, 2.05) is 18.2 Å². The topological polar surface area (TPSA) is 77.2 Å². The molecule has 0 unspecified atom stereocenters. The van der Waals surface area contributed by atoms with E-state index in [9.17, 15) is 4.79 Å². The number of nitrogens with one attached hydrogen (secondary N) is 1. The normalized spacial score (nSPS) is 15.9. The Kier molecular flexibility index (Phi) is 3.83.